The van der Waals surface area contributed by atoms with Crippen LogP contribution in [0.5, 0.6) is 0 Å². The largest absolute Gasteiger partial charge is 0.472 e. The van der Waals surface area contributed by atoms with Gasteiger partial charge < -0.3 is 9.15 Å². The average Bonchev–Trinajstić information content (AvgIpc) is 2.84. The van der Waals surface area contributed by atoms with E-state index in [4.69, 9.17) is 9.15 Å². The number of rotatable bonds is 1. The van der Waals surface area contributed by atoms with E-state index in [0.717, 1.165) is 18.4 Å². The minimum atomic E-state index is -0.220. The van der Waals surface area contributed by atoms with Gasteiger partial charge in [0.2, 0.25) is 0 Å². The molecule has 2 heterocycles. The second-order valence-corrected chi connectivity index (χ2v) is 5.68. The van der Waals surface area contributed by atoms with Gasteiger partial charge in [-0.15, -0.1) is 0 Å². The summed E-state index contributed by atoms with van der Waals surface area (Å²) in [5, 5.41) is 0. The number of hydrogen-bond donors (Lipinski definition) is 0. The van der Waals surface area contributed by atoms with E-state index in [-0.39, 0.29) is 17.5 Å². The van der Waals surface area contributed by atoms with Crippen molar-refractivity contribution in [3.63, 3.8) is 0 Å². The number of hydrogen-bond acceptors (Lipinski definition) is 3. The number of esters is 1. The molecule has 96 valence electrons. The Morgan fingerprint density at radius 3 is 3.00 bits per heavy atom. The zero-order valence-corrected chi connectivity index (χ0v) is 10.8. The van der Waals surface area contributed by atoms with E-state index in [1.807, 2.05) is 6.07 Å². The molecular weight excluding hydrogens is 228 g/mol. The van der Waals surface area contributed by atoms with Crippen molar-refractivity contribution < 1.29 is 13.9 Å². The summed E-state index contributed by atoms with van der Waals surface area (Å²) in [4.78, 5) is 11.8. The van der Waals surface area contributed by atoms with E-state index in [1.165, 1.54) is 12.0 Å². The van der Waals surface area contributed by atoms with Crippen LogP contribution < -0.4 is 0 Å². The van der Waals surface area contributed by atoms with Gasteiger partial charge in [0, 0.05) is 17.1 Å². The van der Waals surface area contributed by atoms with Crippen LogP contribution in [0.25, 0.3) is 0 Å². The topological polar surface area (TPSA) is 39.4 Å². The third kappa shape index (κ3) is 1.61. The summed E-state index contributed by atoms with van der Waals surface area (Å²) in [5.74, 6) is 0.244. The molecule has 1 aromatic heterocycles. The van der Waals surface area contributed by atoms with Crippen LogP contribution in [0.3, 0.4) is 0 Å². The van der Waals surface area contributed by atoms with E-state index >= 15 is 0 Å². The molecule has 0 N–H and O–H groups in total. The average molecular weight is 246 g/mol. The molecule has 0 aromatic carbocycles. The highest BCUT2D eigenvalue weighted by Crippen LogP contribution is 2.54. The number of ether oxygens (including phenoxy) is 1. The summed E-state index contributed by atoms with van der Waals surface area (Å²) in [6.45, 7) is 4.41. The molecule has 3 unspecified atom stereocenters. The molecule has 1 aliphatic heterocycles. The van der Waals surface area contributed by atoms with Gasteiger partial charge in [-0.25, -0.2) is 4.79 Å². The van der Waals surface area contributed by atoms with Crippen LogP contribution in [-0.2, 0) is 9.53 Å². The Morgan fingerprint density at radius 1 is 1.44 bits per heavy atom. The fraction of sp³-hybridized carbons (Fsp3) is 0.533. The smallest absolute Gasteiger partial charge is 0.331 e. The van der Waals surface area contributed by atoms with Crippen molar-refractivity contribution in [1.29, 1.82) is 0 Å². The molecule has 1 aliphatic carbocycles. The number of furan rings is 1. The first-order chi connectivity index (χ1) is 8.61. The number of carbonyl (C=O) groups is 1. The van der Waals surface area contributed by atoms with Gasteiger partial charge in [-0.1, -0.05) is 25.8 Å². The van der Waals surface area contributed by atoms with Crippen LogP contribution in [-0.4, -0.2) is 5.97 Å². The van der Waals surface area contributed by atoms with E-state index < -0.39 is 0 Å². The number of fused-ring (bicyclic) bond motifs is 1. The maximum atomic E-state index is 11.8. The Labute approximate surface area is 107 Å². The molecule has 1 fully saturated rings. The van der Waals surface area contributed by atoms with Crippen molar-refractivity contribution in [2.24, 2.45) is 11.3 Å². The Bertz CT molecular complexity index is 486. The second kappa shape index (κ2) is 4.01. The predicted molar refractivity (Wildman–Crippen MR) is 66.7 cm³/mol. The van der Waals surface area contributed by atoms with Crippen LogP contribution in [0.4, 0.5) is 0 Å². The summed E-state index contributed by atoms with van der Waals surface area (Å²) >= 11 is 0. The van der Waals surface area contributed by atoms with Gasteiger partial charge >= 0.3 is 5.97 Å². The Balaban J connectivity index is 2.06. The first kappa shape index (κ1) is 11.6. The van der Waals surface area contributed by atoms with E-state index in [9.17, 15) is 4.79 Å². The van der Waals surface area contributed by atoms with Crippen molar-refractivity contribution in [3.05, 3.63) is 35.8 Å². The number of carbonyl (C=O) groups excluding carboxylic acids is 1. The third-order valence-electron chi connectivity index (χ3n) is 4.46. The lowest BCUT2D eigenvalue weighted by Gasteiger charge is -2.46. The minimum absolute atomic E-state index is 0.0740. The van der Waals surface area contributed by atoms with Crippen LogP contribution in [0.15, 0.2) is 34.7 Å². The molecule has 3 nitrogen and oxygen atoms in total. The SMILES string of the molecule is CC1CCCC2(C)C1=CC(=O)OC2c1ccoc1. The highest BCUT2D eigenvalue weighted by Gasteiger charge is 2.47. The summed E-state index contributed by atoms with van der Waals surface area (Å²) in [6, 6.07) is 1.89. The van der Waals surface area contributed by atoms with Crippen LogP contribution in [0.2, 0.25) is 0 Å². The van der Waals surface area contributed by atoms with Gasteiger partial charge in [-0.3, -0.25) is 0 Å². The van der Waals surface area contributed by atoms with Gasteiger partial charge in [0.05, 0.1) is 12.5 Å². The Morgan fingerprint density at radius 2 is 2.28 bits per heavy atom. The maximum absolute atomic E-state index is 11.8. The first-order valence-electron chi connectivity index (χ1n) is 6.56. The van der Waals surface area contributed by atoms with Crippen LogP contribution >= 0.6 is 0 Å². The lowest BCUT2D eigenvalue weighted by molar-refractivity contribution is -0.153. The van der Waals surface area contributed by atoms with Crippen LogP contribution in [0.1, 0.15) is 44.8 Å². The van der Waals surface area contributed by atoms with Gasteiger partial charge in [0.15, 0.2) is 0 Å². The Hall–Kier alpha value is -1.51. The summed E-state index contributed by atoms with van der Waals surface area (Å²) in [5.41, 5.74) is 2.14. The standard InChI is InChI=1S/C15H18O3/c1-10-4-3-6-15(2)12(10)8-13(16)18-14(15)11-5-7-17-9-11/h5,7-10,14H,3-4,6H2,1-2H3. The predicted octanol–water partition coefficient (Wildman–Crippen LogP) is 3.63. The quantitative estimate of drug-likeness (QED) is 0.710. The molecule has 3 heteroatoms. The molecular formula is C15H18O3. The Kier molecular flexibility index (Phi) is 2.58. The lowest BCUT2D eigenvalue weighted by atomic mass is 9.62. The van der Waals surface area contributed by atoms with Crippen molar-refractivity contribution in [2.75, 3.05) is 0 Å². The molecule has 1 aromatic rings. The monoisotopic (exact) mass is 246 g/mol. The normalized spacial score (nSPS) is 35.7. The van der Waals surface area contributed by atoms with Gasteiger partial charge in [-0.05, 0) is 24.8 Å². The molecule has 0 radical (unpaired) electrons. The molecule has 1 saturated carbocycles. The fourth-order valence-electron chi connectivity index (χ4n) is 3.50. The van der Waals surface area contributed by atoms with Gasteiger partial charge in [0.1, 0.15) is 6.10 Å². The molecule has 18 heavy (non-hydrogen) atoms. The fourth-order valence-corrected chi connectivity index (χ4v) is 3.50. The van der Waals surface area contributed by atoms with E-state index in [1.54, 1.807) is 18.6 Å². The maximum Gasteiger partial charge on any atom is 0.331 e. The van der Waals surface area contributed by atoms with Gasteiger partial charge in [0.25, 0.3) is 0 Å². The zero-order chi connectivity index (χ0) is 12.8. The van der Waals surface area contributed by atoms with Gasteiger partial charge in [-0.2, -0.15) is 0 Å². The lowest BCUT2D eigenvalue weighted by Crippen LogP contribution is -2.39. The van der Waals surface area contributed by atoms with Crippen molar-refractivity contribution in [1.82, 2.24) is 0 Å². The van der Waals surface area contributed by atoms with Crippen molar-refractivity contribution >= 4 is 5.97 Å². The van der Waals surface area contributed by atoms with E-state index in [0.29, 0.717) is 5.92 Å². The third-order valence-corrected chi connectivity index (χ3v) is 4.46. The minimum Gasteiger partial charge on any atom is -0.472 e. The molecule has 3 atom stereocenters. The highest BCUT2D eigenvalue weighted by molar-refractivity contribution is 5.84. The summed E-state index contributed by atoms with van der Waals surface area (Å²) in [7, 11) is 0. The summed E-state index contributed by atoms with van der Waals surface area (Å²) in [6.07, 6.45) is 8.23. The highest BCUT2D eigenvalue weighted by atomic mass is 16.5. The second-order valence-electron chi connectivity index (χ2n) is 5.68. The molecule has 2 aliphatic rings. The number of cyclic esters (lactones) is 1. The van der Waals surface area contributed by atoms with Crippen LogP contribution in [0, 0.1) is 11.3 Å². The molecule has 0 saturated heterocycles. The zero-order valence-electron chi connectivity index (χ0n) is 10.8. The molecule has 0 amide bonds. The van der Waals surface area contributed by atoms with E-state index in [2.05, 4.69) is 13.8 Å². The molecule has 3 rings (SSSR count). The van der Waals surface area contributed by atoms with Crippen molar-refractivity contribution in [3.8, 4) is 0 Å². The first-order valence-corrected chi connectivity index (χ1v) is 6.56. The van der Waals surface area contributed by atoms with Crippen molar-refractivity contribution in [2.45, 2.75) is 39.2 Å². The molecule has 0 bridgehead atoms. The summed E-state index contributed by atoms with van der Waals surface area (Å²) < 4.78 is 10.7. The molecule has 0 spiro atoms.